The molecule has 2 aromatic carbocycles. The molecule has 0 atom stereocenters. The molecule has 0 saturated heterocycles. The van der Waals surface area contributed by atoms with Crippen molar-refractivity contribution in [2.24, 2.45) is 10.9 Å². The van der Waals surface area contributed by atoms with Crippen molar-refractivity contribution in [2.45, 2.75) is 38.0 Å². The lowest BCUT2D eigenvalue weighted by atomic mass is 9.84. The number of halogens is 2. The molecule has 0 heterocycles. The molecule has 1 aliphatic carbocycles. The van der Waals surface area contributed by atoms with E-state index in [9.17, 15) is 13.6 Å². The summed E-state index contributed by atoms with van der Waals surface area (Å²) < 4.78 is 27.1. The fourth-order valence-corrected chi connectivity index (χ4v) is 3.36. The van der Waals surface area contributed by atoms with E-state index in [0.717, 1.165) is 23.8 Å². The predicted octanol–water partition coefficient (Wildman–Crippen LogP) is 5.15. The number of nitrogens with two attached hydrogens (primary N) is 1. The smallest absolute Gasteiger partial charge is 0.371 e. The molecule has 1 saturated carbocycles. The maximum atomic E-state index is 13.5. The van der Waals surface area contributed by atoms with E-state index in [4.69, 9.17) is 5.73 Å². The van der Waals surface area contributed by atoms with Gasteiger partial charge in [-0.25, -0.2) is 13.6 Å². The third-order valence-electron chi connectivity index (χ3n) is 4.86. The highest BCUT2D eigenvalue weighted by Crippen LogP contribution is 2.32. The first-order valence-corrected chi connectivity index (χ1v) is 9.31. The Balaban J connectivity index is 1.59. The van der Waals surface area contributed by atoms with E-state index in [2.05, 4.69) is 22.1 Å². The van der Waals surface area contributed by atoms with Gasteiger partial charge in [0.05, 0.1) is 0 Å². The molecule has 0 aromatic heterocycles. The third kappa shape index (κ3) is 5.03. The second-order valence-electron chi connectivity index (χ2n) is 6.83. The molecule has 4 nitrogen and oxygen atoms in total. The highest BCUT2D eigenvalue weighted by Gasteiger charge is 2.19. The van der Waals surface area contributed by atoms with Gasteiger partial charge in [-0.15, -0.1) is 0 Å². The van der Waals surface area contributed by atoms with Gasteiger partial charge in [-0.05, 0) is 48.1 Å². The fraction of sp³-hybridized carbons (Fsp3) is 0.273. The van der Waals surface area contributed by atoms with Gasteiger partial charge < -0.3 is 10.6 Å². The summed E-state index contributed by atoms with van der Waals surface area (Å²) in [6.07, 6.45) is 9.56. The van der Waals surface area contributed by atoms with Gasteiger partial charge in [-0.1, -0.05) is 60.8 Å². The Morgan fingerprint density at radius 1 is 1.04 bits per heavy atom. The van der Waals surface area contributed by atoms with E-state index in [1.54, 1.807) is 6.08 Å². The van der Waals surface area contributed by atoms with Crippen LogP contribution in [-0.2, 0) is 4.84 Å². The van der Waals surface area contributed by atoms with Crippen LogP contribution in [0.1, 0.15) is 59.5 Å². The first-order chi connectivity index (χ1) is 13.5. The second kappa shape index (κ2) is 9.26. The summed E-state index contributed by atoms with van der Waals surface area (Å²) in [6, 6.07) is 11.3. The van der Waals surface area contributed by atoms with Gasteiger partial charge >= 0.3 is 5.97 Å². The lowest BCUT2D eigenvalue weighted by Crippen LogP contribution is -2.12. The summed E-state index contributed by atoms with van der Waals surface area (Å²) in [5.41, 5.74) is 7.13. The summed E-state index contributed by atoms with van der Waals surface area (Å²) in [6.45, 7) is 0. The fourth-order valence-electron chi connectivity index (χ4n) is 3.36. The Kier molecular flexibility index (Phi) is 6.53. The van der Waals surface area contributed by atoms with Crippen LogP contribution >= 0.6 is 0 Å². The van der Waals surface area contributed by atoms with Crippen molar-refractivity contribution in [3.63, 3.8) is 0 Å². The van der Waals surface area contributed by atoms with Crippen LogP contribution in [-0.4, -0.2) is 11.8 Å². The van der Waals surface area contributed by atoms with E-state index in [-0.39, 0.29) is 5.84 Å². The third-order valence-corrected chi connectivity index (χ3v) is 4.86. The summed E-state index contributed by atoms with van der Waals surface area (Å²) in [7, 11) is 0. The first-order valence-electron chi connectivity index (χ1n) is 9.31. The Morgan fingerprint density at radius 2 is 1.68 bits per heavy atom. The van der Waals surface area contributed by atoms with Crippen LogP contribution in [0.2, 0.25) is 0 Å². The minimum atomic E-state index is -1.25. The maximum Gasteiger partial charge on any atom is 0.371 e. The number of carbonyl (C=O) groups is 1. The molecule has 0 unspecified atom stereocenters. The van der Waals surface area contributed by atoms with Crippen LogP contribution in [0.25, 0.3) is 6.08 Å². The average Bonchev–Trinajstić information content (AvgIpc) is 2.71. The van der Waals surface area contributed by atoms with Crippen molar-refractivity contribution < 1.29 is 18.4 Å². The average molecular weight is 384 g/mol. The molecule has 0 spiro atoms. The van der Waals surface area contributed by atoms with E-state index in [1.807, 2.05) is 12.1 Å². The van der Waals surface area contributed by atoms with Crippen LogP contribution in [0.5, 0.6) is 0 Å². The lowest BCUT2D eigenvalue weighted by molar-refractivity contribution is 0.0505. The van der Waals surface area contributed by atoms with E-state index in [0.29, 0.717) is 5.92 Å². The number of oxime groups is 1. The molecular weight excluding hydrogens is 362 g/mol. The molecule has 1 fully saturated rings. The molecular formula is C22H22F2N2O2. The van der Waals surface area contributed by atoms with Crippen molar-refractivity contribution >= 4 is 17.9 Å². The van der Waals surface area contributed by atoms with Gasteiger partial charge in [0.15, 0.2) is 5.84 Å². The molecule has 146 valence electrons. The summed E-state index contributed by atoms with van der Waals surface area (Å²) in [5.74, 6) is -2.75. The molecule has 0 aliphatic heterocycles. The van der Waals surface area contributed by atoms with Crippen molar-refractivity contribution in [1.82, 2.24) is 0 Å². The van der Waals surface area contributed by atoms with E-state index < -0.39 is 23.2 Å². The zero-order valence-electron chi connectivity index (χ0n) is 15.4. The van der Waals surface area contributed by atoms with Gasteiger partial charge in [0.2, 0.25) is 0 Å². The SMILES string of the molecule is NC(/C=C/c1ccc(C2CCCCC2)cc1)=NOC(=O)c1c(F)cccc1F. The van der Waals surface area contributed by atoms with Gasteiger partial charge in [0.1, 0.15) is 17.2 Å². The van der Waals surface area contributed by atoms with Crippen molar-refractivity contribution in [3.05, 3.63) is 76.9 Å². The summed E-state index contributed by atoms with van der Waals surface area (Å²) in [5, 5.41) is 3.41. The lowest BCUT2D eigenvalue weighted by Gasteiger charge is -2.21. The molecule has 3 rings (SSSR count). The highest BCUT2D eigenvalue weighted by atomic mass is 19.1. The number of rotatable bonds is 5. The second-order valence-corrected chi connectivity index (χ2v) is 6.83. The molecule has 1 aliphatic rings. The normalized spacial score (nSPS) is 15.7. The van der Waals surface area contributed by atoms with Crippen molar-refractivity contribution in [1.29, 1.82) is 0 Å². The molecule has 0 radical (unpaired) electrons. The van der Waals surface area contributed by atoms with Gasteiger partial charge in [-0.2, -0.15) is 0 Å². The van der Waals surface area contributed by atoms with E-state index in [1.165, 1.54) is 43.7 Å². The maximum absolute atomic E-state index is 13.5. The largest absolute Gasteiger partial charge is 0.381 e. The topological polar surface area (TPSA) is 64.7 Å². The van der Waals surface area contributed by atoms with Crippen LogP contribution in [0.15, 0.2) is 53.7 Å². The predicted molar refractivity (Wildman–Crippen MR) is 105 cm³/mol. The number of benzene rings is 2. The Morgan fingerprint density at radius 3 is 2.32 bits per heavy atom. The Labute approximate surface area is 162 Å². The number of carbonyl (C=O) groups excluding carboxylic acids is 1. The molecule has 0 bridgehead atoms. The Hall–Kier alpha value is -3.02. The highest BCUT2D eigenvalue weighted by molar-refractivity contribution is 5.96. The molecule has 6 heteroatoms. The minimum Gasteiger partial charge on any atom is -0.381 e. The number of hydrogen-bond acceptors (Lipinski definition) is 3. The van der Waals surface area contributed by atoms with Gasteiger partial charge in [0, 0.05) is 0 Å². The summed E-state index contributed by atoms with van der Waals surface area (Å²) in [4.78, 5) is 16.3. The van der Waals surface area contributed by atoms with Crippen LogP contribution in [0.3, 0.4) is 0 Å². The van der Waals surface area contributed by atoms with E-state index >= 15 is 0 Å². The van der Waals surface area contributed by atoms with Gasteiger partial charge in [-0.3, -0.25) is 0 Å². The van der Waals surface area contributed by atoms with Crippen molar-refractivity contribution in [3.8, 4) is 0 Å². The molecule has 2 aromatic rings. The monoisotopic (exact) mass is 384 g/mol. The van der Waals surface area contributed by atoms with Crippen molar-refractivity contribution in [2.75, 3.05) is 0 Å². The van der Waals surface area contributed by atoms with Crippen LogP contribution < -0.4 is 5.73 Å². The standard InChI is InChI=1S/C22H22F2N2O2/c23-18-7-4-8-19(24)21(18)22(27)28-26-20(25)14-11-15-9-12-17(13-10-15)16-5-2-1-3-6-16/h4,7-14,16H,1-3,5-6H2,(H2,25,26)/b14-11+. The minimum absolute atomic E-state index is 0.0959. The quantitative estimate of drug-likeness (QED) is 0.335. The van der Waals surface area contributed by atoms with Gasteiger partial charge in [0.25, 0.3) is 0 Å². The molecule has 0 amide bonds. The van der Waals surface area contributed by atoms with Crippen LogP contribution in [0, 0.1) is 11.6 Å². The zero-order chi connectivity index (χ0) is 19.9. The first kappa shape index (κ1) is 19.7. The number of amidine groups is 1. The molecule has 2 N–H and O–H groups in total. The number of nitrogens with zero attached hydrogens (tertiary/aromatic N) is 1. The van der Waals surface area contributed by atoms with Crippen LogP contribution in [0.4, 0.5) is 8.78 Å². The number of hydrogen-bond donors (Lipinski definition) is 1. The Bertz CT molecular complexity index is 866. The zero-order valence-corrected chi connectivity index (χ0v) is 15.4. The summed E-state index contributed by atoms with van der Waals surface area (Å²) >= 11 is 0. The molecule has 28 heavy (non-hydrogen) atoms.